The highest BCUT2D eigenvalue weighted by atomic mass is 16.5. The van der Waals surface area contributed by atoms with Crippen LogP contribution in [0.25, 0.3) is 0 Å². The van der Waals surface area contributed by atoms with Crippen molar-refractivity contribution >= 4 is 5.97 Å². The summed E-state index contributed by atoms with van der Waals surface area (Å²) in [7, 11) is 0. The van der Waals surface area contributed by atoms with E-state index in [0.717, 1.165) is 25.1 Å². The molecule has 1 aromatic heterocycles. The number of hydrogen-bond acceptors (Lipinski definition) is 5. The number of aromatic carboxylic acids is 1. The average Bonchev–Trinajstić information content (AvgIpc) is 2.73. The smallest absolute Gasteiger partial charge is 0.335 e. The summed E-state index contributed by atoms with van der Waals surface area (Å²) >= 11 is 0. The van der Waals surface area contributed by atoms with Crippen molar-refractivity contribution in [3.05, 3.63) is 99.1 Å². The molecule has 0 saturated heterocycles. The first-order chi connectivity index (χ1) is 14.1. The Hall–Kier alpha value is -3.38. The minimum Gasteiger partial charge on any atom is -0.482 e. The van der Waals surface area contributed by atoms with Crippen LogP contribution in [0.2, 0.25) is 0 Å². The summed E-state index contributed by atoms with van der Waals surface area (Å²) in [4.78, 5) is 25.5. The van der Waals surface area contributed by atoms with Crippen LogP contribution in [0.4, 0.5) is 0 Å². The topological polar surface area (TPSA) is 80.0 Å². The highest BCUT2D eigenvalue weighted by Crippen LogP contribution is 2.20. The molecule has 3 aromatic rings. The van der Waals surface area contributed by atoms with Crippen LogP contribution in [0.5, 0.6) is 5.75 Å². The van der Waals surface area contributed by atoms with Gasteiger partial charge in [0.25, 0.3) is 0 Å². The van der Waals surface area contributed by atoms with Crippen molar-refractivity contribution in [2.24, 2.45) is 0 Å². The number of carboxylic acid groups (broad SMARTS) is 1. The second kappa shape index (κ2) is 8.32. The first kappa shape index (κ1) is 19.0. The summed E-state index contributed by atoms with van der Waals surface area (Å²) < 4.78 is 11.2. The van der Waals surface area contributed by atoms with Crippen molar-refractivity contribution in [1.82, 2.24) is 4.90 Å². The van der Waals surface area contributed by atoms with E-state index in [-0.39, 0.29) is 23.3 Å². The first-order valence-electron chi connectivity index (χ1n) is 9.44. The fourth-order valence-electron chi connectivity index (χ4n) is 3.44. The summed E-state index contributed by atoms with van der Waals surface area (Å²) in [6.45, 7) is 2.49. The first-order valence-corrected chi connectivity index (χ1v) is 9.44. The molecule has 0 aliphatic carbocycles. The quantitative estimate of drug-likeness (QED) is 0.693. The van der Waals surface area contributed by atoms with E-state index in [0.29, 0.717) is 12.3 Å². The van der Waals surface area contributed by atoms with E-state index < -0.39 is 5.97 Å². The van der Waals surface area contributed by atoms with Crippen molar-refractivity contribution in [2.45, 2.75) is 26.1 Å². The van der Waals surface area contributed by atoms with E-state index in [1.165, 1.54) is 35.6 Å². The highest BCUT2D eigenvalue weighted by molar-refractivity contribution is 5.87. The molecule has 0 bridgehead atoms. The third kappa shape index (κ3) is 4.55. The number of hydrogen-bond donors (Lipinski definition) is 1. The molecule has 2 aromatic carbocycles. The third-order valence-electron chi connectivity index (χ3n) is 5.04. The maximum absolute atomic E-state index is 12.4. The van der Waals surface area contributed by atoms with Gasteiger partial charge < -0.3 is 14.3 Å². The van der Waals surface area contributed by atoms with Crippen molar-refractivity contribution in [2.75, 3.05) is 6.54 Å². The van der Waals surface area contributed by atoms with E-state index >= 15 is 0 Å². The Morgan fingerprint density at radius 2 is 1.86 bits per heavy atom. The lowest BCUT2D eigenvalue weighted by atomic mass is 10.00. The standard InChI is InChI=1S/C23H21NO5/c25-21-11-20(13-24-10-9-17-3-1-2-4-19(17)12-24)28-15-22(21)29-14-16-5-7-18(8-6-16)23(26)27/h1-8,11,15H,9-10,12-14H2,(H,26,27). The minimum absolute atomic E-state index is 0.139. The van der Waals surface area contributed by atoms with Gasteiger partial charge in [-0.15, -0.1) is 0 Å². The molecule has 0 unspecified atom stereocenters. The van der Waals surface area contributed by atoms with Crippen molar-refractivity contribution in [1.29, 1.82) is 0 Å². The Balaban J connectivity index is 1.37. The predicted molar refractivity (Wildman–Crippen MR) is 107 cm³/mol. The van der Waals surface area contributed by atoms with E-state index in [4.69, 9.17) is 14.3 Å². The van der Waals surface area contributed by atoms with Gasteiger partial charge in [0, 0.05) is 19.2 Å². The van der Waals surface area contributed by atoms with Crippen LogP contribution >= 0.6 is 0 Å². The van der Waals surface area contributed by atoms with Gasteiger partial charge in [-0.2, -0.15) is 0 Å². The van der Waals surface area contributed by atoms with Crippen molar-refractivity contribution in [3.63, 3.8) is 0 Å². The molecule has 1 N–H and O–H groups in total. The largest absolute Gasteiger partial charge is 0.482 e. The molecule has 6 heteroatoms. The summed E-state index contributed by atoms with van der Waals surface area (Å²) in [6, 6.07) is 16.2. The number of ether oxygens (including phenoxy) is 1. The average molecular weight is 391 g/mol. The highest BCUT2D eigenvalue weighted by Gasteiger charge is 2.17. The van der Waals surface area contributed by atoms with Gasteiger partial charge in [0.05, 0.1) is 12.1 Å². The van der Waals surface area contributed by atoms with Gasteiger partial charge in [-0.05, 0) is 35.2 Å². The van der Waals surface area contributed by atoms with Crippen LogP contribution in [0, 0.1) is 0 Å². The van der Waals surface area contributed by atoms with Gasteiger partial charge >= 0.3 is 5.97 Å². The maximum atomic E-state index is 12.4. The van der Waals surface area contributed by atoms with Gasteiger partial charge in [0.2, 0.25) is 11.2 Å². The molecule has 0 spiro atoms. The molecular formula is C23H21NO5. The van der Waals surface area contributed by atoms with E-state index in [2.05, 4.69) is 23.1 Å². The molecule has 0 atom stereocenters. The fourth-order valence-corrected chi connectivity index (χ4v) is 3.44. The zero-order valence-electron chi connectivity index (χ0n) is 15.8. The van der Waals surface area contributed by atoms with E-state index in [1.807, 2.05) is 6.07 Å². The van der Waals surface area contributed by atoms with Crippen LogP contribution in [0.3, 0.4) is 0 Å². The fraction of sp³-hybridized carbons (Fsp3) is 0.217. The number of nitrogens with zero attached hydrogens (tertiary/aromatic N) is 1. The molecule has 0 amide bonds. The van der Waals surface area contributed by atoms with Gasteiger partial charge in [0.1, 0.15) is 18.6 Å². The third-order valence-corrected chi connectivity index (χ3v) is 5.04. The zero-order valence-corrected chi connectivity index (χ0v) is 15.8. The van der Waals surface area contributed by atoms with Crippen LogP contribution in [0.15, 0.2) is 70.1 Å². The monoisotopic (exact) mass is 391 g/mol. The number of fused-ring (bicyclic) bond motifs is 1. The van der Waals surface area contributed by atoms with E-state index in [9.17, 15) is 9.59 Å². The molecule has 6 nitrogen and oxygen atoms in total. The lowest BCUT2D eigenvalue weighted by Gasteiger charge is -2.28. The van der Waals surface area contributed by atoms with Gasteiger partial charge in [0.15, 0.2) is 0 Å². The van der Waals surface area contributed by atoms with Gasteiger partial charge in [-0.25, -0.2) is 4.79 Å². The SMILES string of the molecule is O=C(O)c1ccc(COc2coc(CN3CCc4ccccc4C3)cc2=O)cc1. The number of carbonyl (C=O) groups is 1. The Morgan fingerprint density at radius 1 is 1.10 bits per heavy atom. The molecule has 0 saturated carbocycles. The lowest BCUT2D eigenvalue weighted by Crippen LogP contribution is -2.30. The Morgan fingerprint density at radius 3 is 2.59 bits per heavy atom. The Bertz CT molecular complexity index is 1070. The Kier molecular flexibility index (Phi) is 5.44. The molecule has 1 aliphatic heterocycles. The van der Waals surface area contributed by atoms with Crippen molar-refractivity contribution < 1.29 is 19.1 Å². The molecule has 4 rings (SSSR count). The van der Waals surface area contributed by atoms with Crippen LogP contribution in [-0.4, -0.2) is 22.5 Å². The van der Waals surface area contributed by atoms with Gasteiger partial charge in [-0.1, -0.05) is 36.4 Å². The summed E-state index contributed by atoms with van der Waals surface area (Å²) in [6.07, 6.45) is 2.34. The van der Waals surface area contributed by atoms with Crippen LogP contribution in [0.1, 0.15) is 32.8 Å². The Labute approximate surface area is 168 Å². The van der Waals surface area contributed by atoms with E-state index in [1.54, 1.807) is 12.1 Å². The minimum atomic E-state index is -0.981. The molecule has 148 valence electrons. The molecule has 29 heavy (non-hydrogen) atoms. The number of rotatable bonds is 6. The zero-order chi connectivity index (χ0) is 20.2. The van der Waals surface area contributed by atoms with Crippen molar-refractivity contribution in [3.8, 4) is 5.75 Å². The molecule has 1 aliphatic rings. The summed E-state index contributed by atoms with van der Waals surface area (Å²) in [5.74, 6) is -0.238. The second-order valence-electron chi connectivity index (χ2n) is 7.09. The summed E-state index contributed by atoms with van der Waals surface area (Å²) in [5.41, 5.74) is 3.44. The molecule has 0 fully saturated rings. The molecular weight excluding hydrogens is 370 g/mol. The van der Waals surface area contributed by atoms with Crippen LogP contribution < -0.4 is 10.2 Å². The molecule has 0 radical (unpaired) electrons. The molecule has 2 heterocycles. The van der Waals surface area contributed by atoms with Gasteiger partial charge in [-0.3, -0.25) is 9.69 Å². The second-order valence-corrected chi connectivity index (χ2v) is 7.09. The number of carboxylic acids is 1. The lowest BCUT2D eigenvalue weighted by molar-refractivity contribution is 0.0697. The normalized spacial score (nSPS) is 13.7. The number of benzene rings is 2. The predicted octanol–water partition coefficient (Wildman–Crippen LogP) is 3.48. The summed E-state index contributed by atoms with van der Waals surface area (Å²) in [5, 5.41) is 8.92. The van der Waals surface area contributed by atoms with Crippen LogP contribution in [-0.2, 0) is 26.1 Å². The maximum Gasteiger partial charge on any atom is 0.335 e.